The van der Waals surface area contributed by atoms with E-state index in [1.807, 2.05) is 0 Å². The van der Waals surface area contributed by atoms with E-state index in [4.69, 9.17) is 15.3 Å². The predicted octanol–water partition coefficient (Wildman–Crippen LogP) is 0.477. The zero-order valence-electron chi connectivity index (χ0n) is 8.21. The fourth-order valence-corrected chi connectivity index (χ4v) is 1.16. The second-order valence-corrected chi connectivity index (χ2v) is 3.13. The molecule has 0 aliphatic heterocycles. The summed E-state index contributed by atoms with van der Waals surface area (Å²) < 4.78 is 0. The molecule has 0 aliphatic rings. The van der Waals surface area contributed by atoms with Crippen LogP contribution in [0.5, 0.6) is 0 Å². The molecule has 85 valence electrons. The lowest BCUT2D eigenvalue weighted by molar-refractivity contribution is -0.147. The highest BCUT2D eigenvalue weighted by Crippen LogP contribution is 2.18. The lowest BCUT2D eigenvalue weighted by atomic mass is 9.90. The molecule has 0 spiro atoms. The largest absolute Gasteiger partial charge is 0.481 e. The maximum Gasteiger partial charge on any atom is 0.308 e. The molecular formula is C9H13O6. The van der Waals surface area contributed by atoms with Crippen molar-refractivity contribution in [3.8, 4) is 0 Å². The third-order valence-electron chi connectivity index (χ3n) is 2.04. The Morgan fingerprint density at radius 1 is 1.13 bits per heavy atom. The Morgan fingerprint density at radius 2 is 1.67 bits per heavy atom. The van der Waals surface area contributed by atoms with Crippen LogP contribution in [0.3, 0.4) is 0 Å². The molecule has 0 bridgehead atoms. The molecule has 0 rings (SSSR count). The number of carboxylic acid groups (broad SMARTS) is 3. The van der Waals surface area contributed by atoms with Crippen molar-refractivity contribution < 1.29 is 29.7 Å². The van der Waals surface area contributed by atoms with E-state index in [2.05, 4.69) is 0 Å². The van der Waals surface area contributed by atoms with Crippen LogP contribution in [0, 0.1) is 18.3 Å². The van der Waals surface area contributed by atoms with Crippen LogP contribution in [-0.4, -0.2) is 33.2 Å². The Hall–Kier alpha value is -1.59. The summed E-state index contributed by atoms with van der Waals surface area (Å²) in [5.74, 6) is -5.88. The first-order valence-electron chi connectivity index (χ1n) is 4.41. The first kappa shape index (κ1) is 13.4. The van der Waals surface area contributed by atoms with Crippen LogP contribution >= 0.6 is 0 Å². The van der Waals surface area contributed by atoms with Crippen LogP contribution in [0.2, 0.25) is 0 Å². The summed E-state index contributed by atoms with van der Waals surface area (Å²) in [6.45, 7) is 1.61. The van der Waals surface area contributed by atoms with E-state index in [0.717, 1.165) is 0 Å². The minimum absolute atomic E-state index is 0.201. The van der Waals surface area contributed by atoms with Gasteiger partial charge in [-0.25, -0.2) is 0 Å². The molecule has 2 unspecified atom stereocenters. The number of hydrogen-bond acceptors (Lipinski definition) is 3. The molecule has 0 heterocycles. The van der Waals surface area contributed by atoms with Crippen LogP contribution in [0.4, 0.5) is 0 Å². The number of aliphatic carboxylic acids is 3. The molecule has 0 saturated heterocycles. The molecule has 0 fully saturated rings. The lowest BCUT2D eigenvalue weighted by Crippen LogP contribution is -2.25. The topological polar surface area (TPSA) is 112 Å². The second-order valence-electron chi connectivity index (χ2n) is 3.13. The van der Waals surface area contributed by atoms with Crippen LogP contribution in [0.1, 0.15) is 19.8 Å². The van der Waals surface area contributed by atoms with Gasteiger partial charge in [0.1, 0.15) is 0 Å². The van der Waals surface area contributed by atoms with E-state index in [0.29, 0.717) is 6.42 Å². The van der Waals surface area contributed by atoms with Crippen molar-refractivity contribution in [2.24, 2.45) is 11.8 Å². The Bertz CT molecular complexity index is 259. The number of hydrogen-bond donors (Lipinski definition) is 3. The van der Waals surface area contributed by atoms with Crippen LogP contribution in [0.15, 0.2) is 0 Å². The van der Waals surface area contributed by atoms with Gasteiger partial charge in [-0.2, -0.15) is 0 Å². The maximum atomic E-state index is 10.6. The highest BCUT2D eigenvalue weighted by molar-refractivity contribution is 5.85. The average molecular weight is 217 g/mol. The SMILES string of the molecule is CCC(CC([CH]C(=O)O)C(=O)O)C(=O)O. The van der Waals surface area contributed by atoms with E-state index in [1.54, 1.807) is 6.92 Å². The van der Waals surface area contributed by atoms with Crippen molar-refractivity contribution >= 4 is 17.9 Å². The molecule has 0 aromatic heterocycles. The van der Waals surface area contributed by atoms with E-state index in [-0.39, 0.29) is 12.8 Å². The van der Waals surface area contributed by atoms with Crippen molar-refractivity contribution in [2.45, 2.75) is 19.8 Å². The lowest BCUT2D eigenvalue weighted by Gasteiger charge is -2.14. The number of carbonyl (C=O) groups is 3. The summed E-state index contributed by atoms with van der Waals surface area (Å²) in [4.78, 5) is 31.5. The van der Waals surface area contributed by atoms with Gasteiger partial charge in [0.2, 0.25) is 0 Å². The quantitative estimate of drug-likeness (QED) is 0.571. The molecule has 0 amide bonds. The Labute approximate surface area is 86.5 Å². The third kappa shape index (κ3) is 4.99. The highest BCUT2D eigenvalue weighted by Gasteiger charge is 2.27. The molecule has 1 radical (unpaired) electrons. The Kier molecular flexibility index (Phi) is 5.36. The van der Waals surface area contributed by atoms with Crippen molar-refractivity contribution in [1.82, 2.24) is 0 Å². The van der Waals surface area contributed by atoms with E-state index >= 15 is 0 Å². The molecule has 0 aromatic rings. The van der Waals surface area contributed by atoms with Crippen molar-refractivity contribution in [3.05, 3.63) is 6.42 Å². The van der Waals surface area contributed by atoms with Gasteiger partial charge in [-0.05, 0) is 12.8 Å². The molecule has 6 heteroatoms. The Balaban J connectivity index is 4.45. The van der Waals surface area contributed by atoms with Crippen molar-refractivity contribution in [3.63, 3.8) is 0 Å². The van der Waals surface area contributed by atoms with E-state index in [9.17, 15) is 14.4 Å². The Morgan fingerprint density at radius 3 is 1.93 bits per heavy atom. The third-order valence-corrected chi connectivity index (χ3v) is 2.04. The fraction of sp³-hybridized carbons (Fsp3) is 0.556. The zero-order chi connectivity index (χ0) is 12.0. The molecule has 0 saturated carbocycles. The molecule has 3 N–H and O–H groups in total. The van der Waals surface area contributed by atoms with Crippen molar-refractivity contribution in [1.29, 1.82) is 0 Å². The number of rotatable bonds is 7. The second kappa shape index (κ2) is 6.00. The molecule has 15 heavy (non-hydrogen) atoms. The van der Waals surface area contributed by atoms with Gasteiger partial charge in [-0.3, -0.25) is 14.4 Å². The standard InChI is InChI=1S/C9H13O6/c1-2-5(8(12)13)3-6(9(14)15)4-7(10)11/h4-6H,2-3H2,1H3,(H,10,11)(H,12,13)(H,14,15). The minimum Gasteiger partial charge on any atom is -0.481 e. The highest BCUT2D eigenvalue weighted by atomic mass is 16.4. The van der Waals surface area contributed by atoms with Gasteiger partial charge in [0.05, 0.1) is 18.3 Å². The van der Waals surface area contributed by atoms with E-state index in [1.165, 1.54) is 0 Å². The van der Waals surface area contributed by atoms with Crippen LogP contribution in [-0.2, 0) is 14.4 Å². The van der Waals surface area contributed by atoms with Gasteiger partial charge in [0.15, 0.2) is 0 Å². The first-order chi connectivity index (χ1) is 6.88. The average Bonchev–Trinajstić information content (AvgIpc) is 2.10. The fourth-order valence-electron chi connectivity index (χ4n) is 1.16. The number of carboxylic acids is 3. The molecule has 6 nitrogen and oxygen atoms in total. The molecule has 2 atom stereocenters. The monoisotopic (exact) mass is 217 g/mol. The van der Waals surface area contributed by atoms with Crippen molar-refractivity contribution in [2.75, 3.05) is 0 Å². The van der Waals surface area contributed by atoms with Gasteiger partial charge < -0.3 is 15.3 Å². The molecule has 0 aliphatic carbocycles. The smallest absolute Gasteiger partial charge is 0.308 e. The van der Waals surface area contributed by atoms with Crippen LogP contribution in [0.25, 0.3) is 0 Å². The molecule has 0 aromatic carbocycles. The summed E-state index contributed by atoms with van der Waals surface area (Å²) in [6, 6.07) is 0. The van der Waals surface area contributed by atoms with E-state index < -0.39 is 29.7 Å². The summed E-state index contributed by atoms with van der Waals surface area (Å²) in [6.07, 6.45) is 0.675. The summed E-state index contributed by atoms with van der Waals surface area (Å²) >= 11 is 0. The molecular weight excluding hydrogens is 204 g/mol. The zero-order valence-corrected chi connectivity index (χ0v) is 8.21. The van der Waals surface area contributed by atoms with Gasteiger partial charge in [-0.1, -0.05) is 6.92 Å². The normalized spacial score (nSPS) is 14.2. The van der Waals surface area contributed by atoms with Gasteiger partial charge in [0, 0.05) is 0 Å². The van der Waals surface area contributed by atoms with Gasteiger partial charge in [-0.15, -0.1) is 0 Å². The predicted molar refractivity (Wildman–Crippen MR) is 49.1 cm³/mol. The maximum absolute atomic E-state index is 10.6. The summed E-state index contributed by atoms with van der Waals surface area (Å²) in [5.41, 5.74) is 0. The first-order valence-corrected chi connectivity index (χ1v) is 4.41. The minimum atomic E-state index is -1.36. The van der Waals surface area contributed by atoms with Crippen LogP contribution < -0.4 is 0 Å². The van der Waals surface area contributed by atoms with Gasteiger partial charge >= 0.3 is 17.9 Å². The van der Waals surface area contributed by atoms with Gasteiger partial charge in [0.25, 0.3) is 0 Å². The summed E-state index contributed by atoms with van der Waals surface area (Å²) in [7, 11) is 0. The summed E-state index contributed by atoms with van der Waals surface area (Å²) in [5, 5.41) is 25.7.